The standard InChI is InChI=1S/C23H21N5O3S3/c1-13-6-7-18-19(8-13)34-22(27-18)28-20(30)10-17-11-32-23(26-17)33-12-21(31)25-16-5-3-4-15(9-16)24-14(2)29/h3-9,11H,10,12H2,1-2H3,(H,24,29)(H,25,31)(H,27,28,30). The van der Waals surface area contributed by atoms with E-state index in [2.05, 4.69) is 25.9 Å². The second kappa shape index (κ2) is 10.8. The Morgan fingerprint density at radius 3 is 2.56 bits per heavy atom. The van der Waals surface area contributed by atoms with Crippen molar-refractivity contribution in [3.05, 3.63) is 59.1 Å². The number of hydrogen-bond acceptors (Lipinski definition) is 8. The van der Waals surface area contributed by atoms with Crippen molar-refractivity contribution in [2.24, 2.45) is 0 Å². The number of rotatable bonds is 8. The van der Waals surface area contributed by atoms with Crippen LogP contribution in [0.3, 0.4) is 0 Å². The van der Waals surface area contributed by atoms with Gasteiger partial charge in [-0.15, -0.1) is 11.3 Å². The van der Waals surface area contributed by atoms with E-state index in [0.29, 0.717) is 26.5 Å². The van der Waals surface area contributed by atoms with Crippen molar-refractivity contribution in [2.45, 2.75) is 24.6 Å². The number of carbonyl (C=O) groups is 3. The van der Waals surface area contributed by atoms with Gasteiger partial charge in [0.25, 0.3) is 0 Å². The summed E-state index contributed by atoms with van der Waals surface area (Å²) in [4.78, 5) is 44.8. The molecule has 0 aliphatic rings. The highest BCUT2D eigenvalue weighted by Crippen LogP contribution is 2.27. The summed E-state index contributed by atoms with van der Waals surface area (Å²) >= 11 is 4.14. The zero-order valence-electron chi connectivity index (χ0n) is 18.4. The van der Waals surface area contributed by atoms with Gasteiger partial charge in [-0.3, -0.25) is 14.4 Å². The van der Waals surface area contributed by atoms with E-state index < -0.39 is 0 Å². The second-order valence-electron chi connectivity index (χ2n) is 7.42. The molecule has 3 amide bonds. The molecule has 11 heteroatoms. The van der Waals surface area contributed by atoms with Crippen LogP contribution in [0.5, 0.6) is 0 Å². The molecule has 0 saturated heterocycles. The highest BCUT2D eigenvalue weighted by atomic mass is 32.2. The van der Waals surface area contributed by atoms with Gasteiger partial charge in [0, 0.05) is 23.7 Å². The molecule has 0 aliphatic carbocycles. The van der Waals surface area contributed by atoms with Crippen LogP contribution in [0.4, 0.5) is 16.5 Å². The summed E-state index contributed by atoms with van der Waals surface area (Å²) in [5.41, 5.74) is 3.86. The topological polar surface area (TPSA) is 113 Å². The Morgan fingerprint density at radius 2 is 1.76 bits per heavy atom. The Hall–Kier alpha value is -3.28. The Balaban J connectivity index is 1.26. The predicted octanol–water partition coefficient (Wildman–Crippen LogP) is 4.93. The number of nitrogens with one attached hydrogen (secondary N) is 3. The fraction of sp³-hybridized carbons (Fsp3) is 0.174. The van der Waals surface area contributed by atoms with Gasteiger partial charge < -0.3 is 16.0 Å². The molecule has 0 spiro atoms. The maximum atomic E-state index is 12.4. The molecule has 3 N–H and O–H groups in total. The van der Waals surface area contributed by atoms with Gasteiger partial charge in [0.05, 0.1) is 28.1 Å². The minimum atomic E-state index is -0.189. The number of hydrogen-bond donors (Lipinski definition) is 3. The number of thiazole rings is 2. The first-order valence-electron chi connectivity index (χ1n) is 10.3. The van der Waals surface area contributed by atoms with Crippen LogP contribution in [0.15, 0.2) is 52.2 Å². The summed E-state index contributed by atoms with van der Waals surface area (Å²) in [6.07, 6.45) is 0.133. The minimum absolute atomic E-state index is 0.133. The normalized spacial score (nSPS) is 10.8. The van der Waals surface area contributed by atoms with Gasteiger partial charge in [-0.25, -0.2) is 9.97 Å². The summed E-state index contributed by atoms with van der Waals surface area (Å²) in [7, 11) is 0. The largest absolute Gasteiger partial charge is 0.326 e. The number of nitrogens with zero attached hydrogens (tertiary/aromatic N) is 2. The molecule has 2 aromatic heterocycles. The number of benzene rings is 2. The Labute approximate surface area is 208 Å². The van der Waals surface area contributed by atoms with Crippen LogP contribution < -0.4 is 16.0 Å². The molecular weight excluding hydrogens is 490 g/mol. The molecular formula is C23H21N5O3S3. The number of amides is 3. The molecule has 8 nitrogen and oxygen atoms in total. The van der Waals surface area contributed by atoms with Crippen molar-refractivity contribution >= 4 is 78.9 Å². The molecule has 0 saturated carbocycles. The molecule has 0 aliphatic heterocycles. The fourth-order valence-electron chi connectivity index (χ4n) is 3.05. The third kappa shape index (κ3) is 6.62. The maximum Gasteiger partial charge on any atom is 0.234 e. The average Bonchev–Trinajstić information content (AvgIpc) is 3.37. The fourth-order valence-corrected chi connectivity index (χ4v) is 5.68. The second-order valence-corrected chi connectivity index (χ2v) is 10.5. The van der Waals surface area contributed by atoms with Crippen LogP contribution in [0, 0.1) is 6.92 Å². The summed E-state index contributed by atoms with van der Waals surface area (Å²) in [6.45, 7) is 3.44. The van der Waals surface area contributed by atoms with Crippen molar-refractivity contribution in [2.75, 3.05) is 21.7 Å². The van der Waals surface area contributed by atoms with E-state index in [0.717, 1.165) is 15.8 Å². The average molecular weight is 512 g/mol. The van der Waals surface area contributed by atoms with Crippen molar-refractivity contribution in [3.8, 4) is 0 Å². The van der Waals surface area contributed by atoms with Gasteiger partial charge in [-0.1, -0.05) is 35.2 Å². The van der Waals surface area contributed by atoms with E-state index in [4.69, 9.17) is 0 Å². The highest BCUT2D eigenvalue weighted by Gasteiger charge is 2.13. The predicted molar refractivity (Wildman–Crippen MR) is 139 cm³/mol. The third-order valence-electron chi connectivity index (χ3n) is 4.46. The molecule has 4 rings (SSSR count). The number of aryl methyl sites for hydroxylation is 1. The maximum absolute atomic E-state index is 12.4. The van der Waals surface area contributed by atoms with Crippen LogP contribution in [0.2, 0.25) is 0 Å². The van der Waals surface area contributed by atoms with E-state index in [1.54, 1.807) is 24.3 Å². The van der Waals surface area contributed by atoms with Crippen LogP contribution in [-0.2, 0) is 20.8 Å². The lowest BCUT2D eigenvalue weighted by atomic mass is 10.2. The molecule has 2 aromatic carbocycles. The smallest absolute Gasteiger partial charge is 0.234 e. The Bertz CT molecular complexity index is 1360. The van der Waals surface area contributed by atoms with Gasteiger partial charge in [0.2, 0.25) is 17.7 Å². The molecule has 0 radical (unpaired) electrons. The summed E-state index contributed by atoms with van der Waals surface area (Å²) in [5.74, 6) is -0.378. The van der Waals surface area contributed by atoms with Gasteiger partial charge in [0.1, 0.15) is 0 Å². The molecule has 0 fully saturated rings. The number of carbonyl (C=O) groups excluding carboxylic acids is 3. The minimum Gasteiger partial charge on any atom is -0.326 e. The summed E-state index contributed by atoms with van der Waals surface area (Å²) in [5, 5.41) is 10.7. The monoisotopic (exact) mass is 511 g/mol. The SMILES string of the molecule is CC(=O)Nc1cccc(NC(=O)CSc2nc(CC(=O)Nc3nc4ccc(C)cc4s3)cs2)c1. The molecule has 4 aromatic rings. The molecule has 174 valence electrons. The number of thioether (sulfide) groups is 1. The quantitative estimate of drug-likeness (QED) is 0.289. The van der Waals surface area contributed by atoms with Crippen molar-refractivity contribution in [1.82, 2.24) is 9.97 Å². The van der Waals surface area contributed by atoms with Crippen LogP contribution in [0.1, 0.15) is 18.2 Å². The van der Waals surface area contributed by atoms with Gasteiger partial charge in [0.15, 0.2) is 9.47 Å². The highest BCUT2D eigenvalue weighted by molar-refractivity contribution is 8.01. The zero-order valence-corrected chi connectivity index (χ0v) is 20.8. The van der Waals surface area contributed by atoms with Gasteiger partial charge >= 0.3 is 0 Å². The zero-order chi connectivity index (χ0) is 24.1. The Morgan fingerprint density at radius 1 is 0.971 bits per heavy atom. The first-order chi connectivity index (χ1) is 16.3. The van der Waals surface area contributed by atoms with E-state index in [-0.39, 0.29) is 29.9 Å². The molecule has 2 heterocycles. The van der Waals surface area contributed by atoms with Crippen LogP contribution in [-0.4, -0.2) is 33.4 Å². The number of aromatic nitrogens is 2. The lowest BCUT2D eigenvalue weighted by Crippen LogP contribution is -2.15. The van der Waals surface area contributed by atoms with Crippen molar-refractivity contribution in [1.29, 1.82) is 0 Å². The van der Waals surface area contributed by atoms with E-state index in [1.807, 2.05) is 30.5 Å². The molecule has 0 unspecified atom stereocenters. The van der Waals surface area contributed by atoms with Gasteiger partial charge in [-0.2, -0.15) is 0 Å². The van der Waals surface area contributed by atoms with E-state index >= 15 is 0 Å². The van der Waals surface area contributed by atoms with Gasteiger partial charge in [-0.05, 0) is 42.8 Å². The molecule has 0 atom stereocenters. The van der Waals surface area contributed by atoms with Crippen molar-refractivity contribution in [3.63, 3.8) is 0 Å². The number of anilines is 3. The summed E-state index contributed by atoms with van der Waals surface area (Å²) in [6, 6.07) is 12.9. The molecule has 34 heavy (non-hydrogen) atoms. The van der Waals surface area contributed by atoms with Crippen molar-refractivity contribution < 1.29 is 14.4 Å². The van der Waals surface area contributed by atoms with E-state index in [1.165, 1.54) is 41.4 Å². The number of fused-ring (bicyclic) bond motifs is 1. The third-order valence-corrected chi connectivity index (χ3v) is 7.46. The van der Waals surface area contributed by atoms with Crippen LogP contribution in [0.25, 0.3) is 10.2 Å². The summed E-state index contributed by atoms with van der Waals surface area (Å²) < 4.78 is 1.74. The molecule has 0 bridgehead atoms. The first-order valence-corrected chi connectivity index (χ1v) is 12.9. The van der Waals surface area contributed by atoms with Crippen LogP contribution >= 0.6 is 34.4 Å². The first kappa shape index (κ1) is 23.9. The van der Waals surface area contributed by atoms with E-state index in [9.17, 15) is 14.4 Å². The lowest BCUT2D eigenvalue weighted by molar-refractivity contribution is -0.116. The lowest BCUT2D eigenvalue weighted by Gasteiger charge is -2.07. The Kier molecular flexibility index (Phi) is 7.56.